The molecule has 6 nitrogen and oxygen atoms in total. The van der Waals surface area contributed by atoms with E-state index in [4.69, 9.17) is 15.6 Å². The molecule has 0 amide bonds. The Morgan fingerprint density at radius 1 is 1.69 bits per heavy atom. The topological polar surface area (TPSA) is 90.4 Å². The van der Waals surface area contributed by atoms with Crippen LogP contribution in [0.5, 0.6) is 0 Å². The van der Waals surface area contributed by atoms with Crippen molar-refractivity contribution in [2.75, 3.05) is 12.3 Å². The van der Waals surface area contributed by atoms with Crippen LogP contribution in [-0.4, -0.2) is 27.4 Å². The van der Waals surface area contributed by atoms with Crippen LogP contribution in [0.4, 0.5) is 5.82 Å². The summed E-state index contributed by atoms with van der Waals surface area (Å²) < 4.78 is 6.82. The Hall–Kier alpha value is -1.40. The van der Waals surface area contributed by atoms with Crippen molar-refractivity contribution in [3.05, 3.63) is 22.7 Å². The van der Waals surface area contributed by atoms with E-state index in [1.165, 1.54) is 16.8 Å². The molecular weight excluding hydrogens is 210 g/mol. The highest BCUT2D eigenvalue weighted by Gasteiger charge is 2.13. The molecule has 3 N–H and O–H groups in total. The molecule has 0 saturated carbocycles. The van der Waals surface area contributed by atoms with Crippen molar-refractivity contribution in [2.45, 2.75) is 32.6 Å². The van der Waals surface area contributed by atoms with E-state index < -0.39 is 11.9 Å². The Balaban J connectivity index is 2.80. The number of nitrogens with two attached hydrogens (primary N) is 1. The Labute approximate surface area is 93.7 Å². The first-order valence-corrected chi connectivity index (χ1v) is 5.19. The Morgan fingerprint density at radius 2 is 2.38 bits per heavy atom. The van der Waals surface area contributed by atoms with Gasteiger partial charge in [-0.3, -0.25) is 4.57 Å². The monoisotopic (exact) mass is 227 g/mol. The van der Waals surface area contributed by atoms with E-state index in [0.29, 0.717) is 6.42 Å². The van der Waals surface area contributed by atoms with Crippen LogP contribution in [0.15, 0.2) is 17.1 Å². The molecule has 1 unspecified atom stereocenters. The van der Waals surface area contributed by atoms with Crippen molar-refractivity contribution in [3.63, 3.8) is 0 Å². The SMILES string of the molecule is CC[C@@H](CO)OC(C)n1ccc(N)nc1=O. The molecule has 0 radical (unpaired) electrons. The fraction of sp³-hybridized carbons (Fsp3) is 0.600. The normalized spacial score (nSPS) is 14.7. The van der Waals surface area contributed by atoms with E-state index in [9.17, 15) is 4.79 Å². The van der Waals surface area contributed by atoms with Gasteiger partial charge in [0, 0.05) is 6.20 Å². The third kappa shape index (κ3) is 3.04. The number of nitrogens with zero attached hydrogens (tertiary/aromatic N) is 2. The van der Waals surface area contributed by atoms with Gasteiger partial charge < -0.3 is 15.6 Å². The molecule has 0 aromatic carbocycles. The van der Waals surface area contributed by atoms with Gasteiger partial charge in [0.15, 0.2) is 0 Å². The maximum Gasteiger partial charge on any atom is 0.351 e. The first-order valence-electron chi connectivity index (χ1n) is 5.19. The van der Waals surface area contributed by atoms with Gasteiger partial charge in [0.2, 0.25) is 0 Å². The Bertz CT molecular complexity index is 387. The average molecular weight is 227 g/mol. The predicted octanol–water partition coefficient (Wildman–Crippen LogP) is 0.132. The van der Waals surface area contributed by atoms with Gasteiger partial charge in [0.1, 0.15) is 12.0 Å². The van der Waals surface area contributed by atoms with Crippen molar-refractivity contribution in [1.82, 2.24) is 9.55 Å². The van der Waals surface area contributed by atoms with E-state index in [2.05, 4.69) is 4.98 Å². The second-order valence-corrected chi connectivity index (χ2v) is 3.49. The summed E-state index contributed by atoms with van der Waals surface area (Å²) in [5, 5.41) is 8.99. The molecule has 0 spiro atoms. The fourth-order valence-electron chi connectivity index (χ4n) is 1.32. The molecule has 0 saturated heterocycles. The van der Waals surface area contributed by atoms with Gasteiger partial charge in [0.25, 0.3) is 0 Å². The molecule has 1 heterocycles. The highest BCUT2D eigenvalue weighted by molar-refractivity contribution is 5.23. The van der Waals surface area contributed by atoms with Crippen molar-refractivity contribution >= 4 is 5.82 Å². The molecule has 0 aliphatic heterocycles. The van der Waals surface area contributed by atoms with E-state index in [1.54, 1.807) is 6.92 Å². The molecule has 6 heteroatoms. The Kier molecular flexibility index (Phi) is 4.45. The minimum Gasteiger partial charge on any atom is -0.394 e. The lowest BCUT2D eigenvalue weighted by atomic mass is 10.3. The number of nitrogen functional groups attached to an aromatic ring is 1. The summed E-state index contributed by atoms with van der Waals surface area (Å²) in [6.45, 7) is 3.55. The summed E-state index contributed by atoms with van der Waals surface area (Å²) in [6, 6.07) is 1.53. The summed E-state index contributed by atoms with van der Waals surface area (Å²) in [5.74, 6) is 0.183. The van der Waals surface area contributed by atoms with Gasteiger partial charge >= 0.3 is 5.69 Å². The first-order chi connectivity index (χ1) is 7.58. The fourth-order valence-corrected chi connectivity index (χ4v) is 1.32. The van der Waals surface area contributed by atoms with E-state index in [0.717, 1.165) is 0 Å². The van der Waals surface area contributed by atoms with Crippen molar-refractivity contribution in [3.8, 4) is 0 Å². The number of hydrogen-bond donors (Lipinski definition) is 2. The summed E-state index contributed by atoms with van der Waals surface area (Å²) in [7, 11) is 0. The number of ether oxygens (including phenoxy) is 1. The standard InChI is InChI=1S/C10H17N3O3/c1-3-8(6-14)16-7(2)13-5-4-9(11)12-10(13)15/h4-5,7-8,14H,3,6H2,1-2H3,(H2,11,12,15)/t7?,8-/m0/s1. The van der Waals surface area contributed by atoms with Crippen LogP contribution in [0, 0.1) is 0 Å². The molecule has 1 aromatic rings. The summed E-state index contributed by atoms with van der Waals surface area (Å²) in [4.78, 5) is 15.1. The van der Waals surface area contributed by atoms with Crippen LogP contribution in [0.3, 0.4) is 0 Å². The number of aliphatic hydroxyl groups is 1. The van der Waals surface area contributed by atoms with Crippen LogP contribution in [-0.2, 0) is 4.74 Å². The van der Waals surface area contributed by atoms with Crippen molar-refractivity contribution in [1.29, 1.82) is 0 Å². The van der Waals surface area contributed by atoms with Gasteiger partial charge in [0.05, 0.1) is 12.7 Å². The van der Waals surface area contributed by atoms with Crippen LogP contribution in [0.1, 0.15) is 26.5 Å². The highest BCUT2D eigenvalue weighted by atomic mass is 16.5. The molecule has 0 aliphatic carbocycles. The third-order valence-corrected chi connectivity index (χ3v) is 2.29. The third-order valence-electron chi connectivity index (χ3n) is 2.29. The first kappa shape index (κ1) is 12.7. The zero-order valence-corrected chi connectivity index (χ0v) is 9.46. The zero-order valence-electron chi connectivity index (χ0n) is 9.46. The minimum absolute atomic E-state index is 0.0714. The molecule has 0 bridgehead atoms. The quantitative estimate of drug-likeness (QED) is 0.746. The molecule has 1 aromatic heterocycles. The number of hydrogen-bond acceptors (Lipinski definition) is 5. The molecule has 2 atom stereocenters. The molecule has 0 fully saturated rings. The second-order valence-electron chi connectivity index (χ2n) is 3.49. The van der Waals surface area contributed by atoms with Crippen LogP contribution in [0.25, 0.3) is 0 Å². The van der Waals surface area contributed by atoms with Crippen LogP contribution < -0.4 is 11.4 Å². The minimum atomic E-state index is -0.474. The van der Waals surface area contributed by atoms with E-state index >= 15 is 0 Å². The smallest absolute Gasteiger partial charge is 0.351 e. The van der Waals surface area contributed by atoms with Crippen LogP contribution in [0.2, 0.25) is 0 Å². The van der Waals surface area contributed by atoms with Crippen molar-refractivity contribution < 1.29 is 9.84 Å². The maximum absolute atomic E-state index is 11.5. The summed E-state index contributed by atoms with van der Waals surface area (Å²) >= 11 is 0. The lowest BCUT2D eigenvalue weighted by molar-refractivity contribution is -0.0682. The van der Waals surface area contributed by atoms with Crippen molar-refractivity contribution in [2.24, 2.45) is 0 Å². The van der Waals surface area contributed by atoms with Gasteiger partial charge in [-0.15, -0.1) is 0 Å². The number of aliphatic hydroxyl groups excluding tert-OH is 1. The molecular formula is C10H17N3O3. The molecule has 90 valence electrons. The lowest BCUT2D eigenvalue weighted by Crippen LogP contribution is -2.30. The lowest BCUT2D eigenvalue weighted by Gasteiger charge is -2.20. The van der Waals surface area contributed by atoms with Gasteiger partial charge in [-0.2, -0.15) is 4.98 Å². The van der Waals surface area contributed by atoms with Gasteiger partial charge in [-0.25, -0.2) is 4.79 Å². The van der Waals surface area contributed by atoms with E-state index in [-0.39, 0.29) is 18.5 Å². The van der Waals surface area contributed by atoms with Crippen LogP contribution >= 0.6 is 0 Å². The molecule has 1 rings (SSSR count). The predicted molar refractivity (Wildman–Crippen MR) is 59.9 cm³/mol. The maximum atomic E-state index is 11.5. The van der Waals surface area contributed by atoms with E-state index in [1.807, 2.05) is 6.92 Å². The van der Waals surface area contributed by atoms with Gasteiger partial charge in [-0.05, 0) is 19.4 Å². The Morgan fingerprint density at radius 3 is 2.88 bits per heavy atom. The molecule has 16 heavy (non-hydrogen) atoms. The second kappa shape index (κ2) is 5.62. The van der Waals surface area contributed by atoms with Gasteiger partial charge in [-0.1, -0.05) is 6.92 Å². The number of aromatic nitrogens is 2. The summed E-state index contributed by atoms with van der Waals surface area (Å²) in [6.07, 6.45) is 1.45. The largest absolute Gasteiger partial charge is 0.394 e. The number of rotatable bonds is 5. The highest BCUT2D eigenvalue weighted by Crippen LogP contribution is 2.10. The zero-order chi connectivity index (χ0) is 12.1. The molecule has 0 aliphatic rings. The average Bonchev–Trinajstić information content (AvgIpc) is 2.25. The number of anilines is 1. The summed E-state index contributed by atoms with van der Waals surface area (Å²) in [5.41, 5.74) is 4.92.